The standard InChI is InChI=1S/C27H26ClN7O2/c1-16-17(2)33(21-8-6-7-18(28)13-21)26-24(16)25(29-15-30-26)31-23-14-22(27(3,4)5)32-34(23)19-9-11-20(12-10-19)35(36)37/h6-15H,1-5H3,(H,29,30,31). The summed E-state index contributed by atoms with van der Waals surface area (Å²) < 4.78 is 3.81. The van der Waals surface area contributed by atoms with E-state index >= 15 is 0 Å². The summed E-state index contributed by atoms with van der Waals surface area (Å²) in [5.74, 6) is 1.32. The smallest absolute Gasteiger partial charge is 0.269 e. The summed E-state index contributed by atoms with van der Waals surface area (Å²) in [5.41, 5.74) is 5.10. The van der Waals surface area contributed by atoms with Crippen LogP contribution in [0.15, 0.2) is 60.9 Å². The fraction of sp³-hybridized carbons (Fsp3) is 0.222. The number of nitro groups is 1. The Morgan fingerprint density at radius 1 is 1.00 bits per heavy atom. The molecule has 2 aromatic carbocycles. The van der Waals surface area contributed by atoms with Crippen LogP contribution in [0, 0.1) is 24.0 Å². The van der Waals surface area contributed by atoms with E-state index in [9.17, 15) is 10.1 Å². The first kappa shape index (κ1) is 24.5. The van der Waals surface area contributed by atoms with E-state index < -0.39 is 4.92 Å². The minimum atomic E-state index is -0.417. The number of nitro benzene ring substituents is 1. The number of hydrogen-bond acceptors (Lipinski definition) is 6. The van der Waals surface area contributed by atoms with E-state index in [0.29, 0.717) is 22.3 Å². The molecule has 0 atom stereocenters. The van der Waals surface area contributed by atoms with E-state index in [1.807, 2.05) is 44.2 Å². The summed E-state index contributed by atoms with van der Waals surface area (Å²) in [6.07, 6.45) is 1.53. The third kappa shape index (κ3) is 4.42. The molecule has 0 saturated heterocycles. The van der Waals surface area contributed by atoms with E-state index in [2.05, 4.69) is 40.6 Å². The van der Waals surface area contributed by atoms with Crippen LogP contribution >= 0.6 is 11.6 Å². The van der Waals surface area contributed by atoms with Crippen molar-refractivity contribution in [3.63, 3.8) is 0 Å². The highest BCUT2D eigenvalue weighted by molar-refractivity contribution is 6.30. The van der Waals surface area contributed by atoms with Gasteiger partial charge in [-0.25, -0.2) is 14.6 Å². The molecule has 5 rings (SSSR count). The SMILES string of the molecule is Cc1c(C)n(-c2cccc(Cl)c2)c2ncnc(Nc3cc(C(C)(C)C)nn3-c3ccc([N+](=O)[O-])cc3)c12. The van der Waals surface area contributed by atoms with E-state index in [1.54, 1.807) is 16.8 Å². The number of benzene rings is 2. The third-order valence-corrected chi connectivity index (χ3v) is 6.62. The number of aromatic nitrogens is 5. The second kappa shape index (κ2) is 9.01. The van der Waals surface area contributed by atoms with Gasteiger partial charge in [0.15, 0.2) is 5.65 Å². The van der Waals surface area contributed by atoms with Crippen LogP contribution in [0.4, 0.5) is 17.3 Å². The molecule has 188 valence electrons. The minimum absolute atomic E-state index is 0.0208. The van der Waals surface area contributed by atoms with Gasteiger partial charge < -0.3 is 5.32 Å². The molecule has 0 unspecified atom stereocenters. The molecule has 0 bridgehead atoms. The zero-order valence-corrected chi connectivity index (χ0v) is 21.9. The van der Waals surface area contributed by atoms with Crippen LogP contribution < -0.4 is 5.32 Å². The third-order valence-electron chi connectivity index (χ3n) is 6.39. The number of non-ortho nitro benzene ring substituents is 1. The lowest BCUT2D eigenvalue weighted by molar-refractivity contribution is -0.384. The lowest BCUT2D eigenvalue weighted by Crippen LogP contribution is -2.12. The normalized spacial score (nSPS) is 11.7. The quantitative estimate of drug-likeness (QED) is 0.203. The fourth-order valence-corrected chi connectivity index (χ4v) is 4.48. The highest BCUT2D eigenvalue weighted by Gasteiger charge is 2.23. The van der Waals surface area contributed by atoms with Crippen LogP contribution in [0.3, 0.4) is 0 Å². The number of hydrogen-bond donors (Lipinski definition) is 1. The molecule has 3 aromatic heterocycles. The van der Waals surface area contributed by atoms with Gasteiger partial charge in [-0.05, 0) is 49.7 Å². The molecule has 0 radical (unpaired) electrons. The van der Waals surface area contributed by atoms with Gasteiger partial charge in [-0.2, -0.15) is 5.10 Å². The van der Waals surface area contributed by atoms with Crippen LogP contribution in [0.5, 0.6) is 0 Å². The number of nitrogens with one attached hydrogen (secondary N) is 1. The number of rotatable bonds is 5. The Morgan fingerprint density at radius 2 is 1.73 bits per heavy atom. The number of anilines is 2. The highest BCUT2D eigenvalue weighted by atomic mass is 35.5. The van der Waals surface area contributed by atoms with Crippen molar-refractivity contribution in [2.24, 2.45) is 0 Å². The predicted molar refractivity (Wildman–Crippen MR) is 146 cm³/mol. The zero-order valence-electron chi connectivity index (χ0n) is 21.2. The Bertz CT molecular complexity index is 1650. The molecule has 0 amide bonds. The average Bonchev–Trinajstić information content (AvgIpc) is 3.39. The number of halogens is 1. The average molecular weight is 516 g/mol. The molecular weight excluding hydrogens is 490 g/mol. The molecule has 10 heteroatoms. The molecule has 0 saturated carbocycles. The molecule has 0 aliphatic heterocycles. The van der Waals surface area contributed by atoms with Gasteiger partial charge in [-0.1, -0.05) is 38.4 Å². The Balaban J connectivity index is 1.65. The van der Waals surface area contributed by atoms with E-state index in [1.165, 1.54) is 18.5 Å². The molecule has 1 N–H and O–H groups in total. The van der Waals surface area contributed by atoms with Gasteiger partial charge in [0, 0.05) is 40.0 Å². The molecule has 37 heavy (non-hydrogen) atoms. The van der Waals surface area contributed by atoms with E-state index in [-0.39, 0.29) is 11.1 Å². The van der Waals surface area contributed by atoms with Crippen LogP contribution in [-0.4, -0.2) is 29.2 Å². The van der Waals surface area contributed by atoms with Crippen molar-refractivity contribution in [1.82, 2.24) is 24.3 Å². The second-order valence-corrected chi connectivity index (χ2v) is 10.4. The molecule has 0 spiro atoms. The Morgan fingerprint density at radius 3 is 2.38 bits per heavy atom. The molecule has 0 aliphatic carbocycles. The summed E-state index contributed by atoms with van der Waals surface area (Å²) in [4.78, 5) is 19.9. The van der Waals surface area contributed by atoms with E-state index in [4.69, 9.17) is 16.7 Å². The minimum Gasteiger partial charge on any atom is -0.324 e. The maximum Gasteiger partial charge on any atom is 0.269 e. The Kier molecular flexibility index (Phi) is 5.95. The lowest BCUT2D eigenvalue weighted by Gasteiger charge is -2.14. The van der Waals surface area contributed by atoms with Crippen molar-refractivity contribution in [1.29, 1.82) is 0 Å². The van der Waals surface area contributed by atoms with Gasteiger partial charge in [-0.3, -0.25) is 14.7 Å². The molecular formula is C27H26ClN7O2. The van der Waals surface area contributed by atoms with Crippen molar-refractivity contribution in [3.8, 4) is 11.4 Å². The monoisotopic (exact) mass is 515 g/mol. The summed E-state index contributed by atoms with van der Waals surface area (Å²) in [7, 11) is 0. The Labute approximate surface area is 218 Å². The van der Waals surface area contributed by atoms with Crippen LogP contribution in [-0.2, 0) is 5.41 Å². The van der Waals surface area contributed by atoms with Crippen LogP contribution in [0.1, 0.15) is 37.7 Å². The maximum atomic E-state index is 11.1. The van der Waals surface area contributed by atoms with Crippen LogP contribution in [0.25, 0.3) is 22.4 Å². The fourth-order valence-electron chi connectivity index (χ4n) is 4.29. The molecule has 0 fully saturated rings. The van der Waals surface area contributed by atoms with Gasteiger partial charge in [0.1, 0.15) is 18.0 Å². The molecule has 3 heterocycles. The second-order valence-electron chi connectivity index (χ2n) is 9.92. The summed E-state index contributed by atoms with van der Waals surface area (Å²) >= 11 is 6.28. The van der Waals surface area contributed by atoms with Crippen molar-refractivity contribution >= 4 is 40.0 Å². The first-order valence-electron chi connectivity index (χ1n) is 11.8. The summed E-state index contributed by atoms with van der Waals surface area (Å²) in [5, 5.41) is 21.0. The summed E-state index contributed by atoms with van der Waals surface area (Å²) in [6, 6.07) is 15.9. The molecule has 0 aliphatic rings. The maximum absolute atomic E-state index is 11.1. The molecule has 5 aromatic rings. The number of aryl methyl sites for hydroxylation is 1. The van der Waals surface area contributed by atoms with Crippen molar-refractivity contribution in [3.05, 3.63) is 93.0 Å². The summed E-state index contributed by atoms with van der Waals surface area (Å²) in [6.45, 7) is 10.3. The van der Waals surface area contributed by atoms with Crippen molar-refractivity contribution < 1.29 is 4.92 Å². The van der Waals surface area contributed by atoms with Gasteiger partial charge in [0.25, 0.3) is 5.69 Å². The highest BCUT2D eigenvalue weighted by Crippen LogP contribution is 2.35. The van der Waals surface area contributed by atoms with Crippen LogP contribution in [0.2, 0.25) is 5.02 Å². The number of nitrogens with zero attached hydrogens (tertiary/aromatic N) is 6. The predicted octanol–water partition coefficient (Wildman–Crippen LogP) is 6.83. The van der Waals surface area contributed by atoms with E-state index in [0.717, 1.165) is 33.7 Å². The Hall–Kier alpha value is -4.24. The topological polar surface area (TPSA) is 104 Å². The van der Waals surface area contributed by atoms with Crippen molar-refractivity contribution in [2.45, 2.75) is 40.0 Å². The first-order valence-corrected chi connectivity index (χ1v) is 12.1. The lowest BCUT2D eigenvalue weighted by atomic mass is 9.92. The first-order chi connectivity index (χ1) is 17.5. The van der Waals surface area contributed by atoms with Crippen molar-refractivity contribution in [2.75, 3.05) is 5.32 Å². The number of fused-ring (bicyclic) bond motifs is 1. The van der Waals surface area contributed by atoms with Gasteiger partial charge in [-0.15, -0.1) is 0 Å². The molecule has 9 nitrogen and oxygen atoms in total. The largest absolute Gasteiger partial charge is 0.324 e. The van der Waals surface area contributed by atoms with Gasteiger partial charge >= 0.3 is 0 Å². The van der Waals surface area contributed by atoms with Gasteiger partial charge in [0.05, 0.1) is 21.7 Å². The zero-order chi connectivity index (χ0) is 26.5. The van der Waals surface area contributed by atoms with Gasteiger partial charge in [0.2, 0.25) is 0 Å².